The molecule has 0 spiro atoms. The fraction of sp³-hybridized carbons (Fsp3) is 0.167. The monoisotopic (exact) mass is 198 g/mol. The number of hydrogen-bond donors (Lipinski definition) is 1. The summed E-state index contributed by atoms with van der Waals surface area (Å²) in [4.78, 5) is 14.1. The van der Waals surface area contributed by atoms with Crippen LogP contribution in [-0.4, -0.2) is 10.8 Å². The van der Waals surface area contributed by atoms with Crippen LogP contribution in [0.2, 0.25) is 0 Å². The molecule has 1 N–H and O–H groups in total. The first kappa shape index (κ1) is 9.47. The van der Waals surface area contributed by atoms with Crippen molar-refractivity contribution in [3.8, 4) is 6.07 Å². The van der Waals surface area contributed by atoms with Gasteiger partial charge in [-0.1, -0.05) is 6.07 Å². The summed E-state index contributed by atoms with van der Waals surface area (Å²) in [6.45, 7) is 1.57. The molecule has 0 bridgehead atoms. The summed E-state index contributed by atoms with van der Waals surface area (Å²) in [5, 5.41) is 9.75. The van der Waals surface area contributed by atoms with Crippen LogP contribution in [0.4, 0.5) is 0 Å². The highest BCUT2D eigenvalue weighted by Crippen LogP contribution is 2.19. The Kier molecular flexibility index (Phi) is 2.26. The number of nitrogens with one attached hydrogen (secondary N) is 1. The minimum Gasteiger partial charge on any atom is -0.361 e. The number of carbonyl (C=O) groups is 1. The van der Waals surface area contributed by atoms with Crippen molar-refractivity contribution in [2.45, 2.75) is 13.3 Å². The predicted octanol–water partition coefficient (Wildman–Crippen LogP) is 2.17. The van der Waals surface area contributed by atoms with Gasteiger partial charge in [0.2, 0.25) is 0 Å². The summed E-state index contributed by atoms with van der Waals surface area (Å²) in [7, 11) is 0. The van der Waals surface area contributed by atoms with Crippen molar-refractivity contribution in [1.29, 1.82) is 5.26 Å². The topological polar surface area (TPSA) is 56.6 Å². The maximum atomic E-state index is 11.0. The number of carbonyl (C=O) groups excluding carboxylic acids is 1. The van der Waals surface area contributed by atoms with Crippen LogP contribution >= 0.6 is 0 Å². The van der Waals surface area contributed by atoms with E-state index < -0.39 is 0 Å². The van der Waals surface area contributed by atoms with Crippen LogP contribution in [0.1, 0.15) is 18.1 Å². The van der Waals surface area contributed by atoms with E-state index in [-0.39, 0.29) is 5.78 Å². The number of aromatic nitrogens is 1. The van der Waals surface area contributed by atoms with Gasteiger partial charge in [0.25, 0.3) is 0 Å². The maximum Gasteiger partial charge on any atom is 0.134 e. The second-order valence-electron chi connectivity index (χ2n) is 3.56. The Morgan fingerprint density at radius 2 is 2.33 bits per heavy atom. The second kappa shape index (κ2) is 3.58. The molecule has 3 nitrogen and oxygen atoms in total. The van der Waals surface area contributed by atoms with Crippen LogP contribution in [0, 0.1) is 11.3 Å². The SMILES string of the molecule is CC(=O)Cc1c[nH]c2cc(C#N)ccc12. The van der Waals surface area contributed by atoms with Crippen LogP contribution in [0.15, 0.2) is 24.4 Å². The van der Waals surface area contributed by atoms with Gasteiger partial charge in [-0.25, -0.2) is 0 Å². The molecule has 0 unspecified atom stereocenters. The van der Waals surface area contributed by atoms with Gasteiger partial charge in [-0.15, -0.1) is 0 Å². The lowest BCUT2D eigenvalue weighted by Gasteiger charge is -1.95. The maximum absolute atomic E-state index is 11.0. The average Bonchev–Trinajstić information content (AvgIpc) is 2.60. The van der Waals surface area contributed by atoms with Gasteiger partial charge in [0.1, 0.15) is 5.78 Å². The molecule has 2 rings (SSSR count). The van der Waals surface area contributed by atoms with E-state index in [4.69, 9.17) is 5.26 Å². The normalized spacial score (nSPS) is 10.1. The molecule has 0 fully saturated rings. The molecule has 0 amide bonds. The summed E-state index contributed by atoms with van der Waals surface area (Å²) in [5.74, 6) is 0.139. The van der Waals surface area contributed by atoms with Crippen molar-refractivity contribution in [3.05, 3.63) is 35.5 Å². The Balaban J connectivity index is 2.53. The van der Waals surface area contributed by atoms with Crippen LogP contribution in [0.5, 0.6) is 0 Å². The van der Waals surface area contributed by atoms with Gasteiger partial charge in [0.05, 0.1) is 11.6 Å². The number of ketones is 1. The quantitative estimate of drug-likeness (QED) is 0.803. The lowest BCUT2D eigenvalue weighted by molar-refractivity contribution is -0.116. The lowest BCUT2D eigenvalue weighted by atomic mass is 10.1. The number of rotatable bonds is 2. The summed E-state index contributed by atoms with van der Waals surface area (Å²) in [6, 6.07) is 7.51. The van der Waals surface area contributed by atoms with Crippen molar-refractivity contribution >= 4 is 16.7 Å². The third-order valence-electron chi connectivity index (χ3n) is 2.34. The van der Waals surface area contributed by atoms with Crippen molar-refractivity contribution in [3.63, 3.8) is 0 Å². The fourth-order valence-corrected chi connectivity index (χ4v) is 1.67. The van der Waals surface area contributed by atoms with Crippen LogP contribution < -0.4 is 0 Å². The zero-order valence-electron chi connectivity index (χ0n) is 8.37. The first-order valence-electron chi connectivity index (χ1n) is 4.70. The first-order valence-corrected chi connectivity index (χ1v) is 4.70. The number of nitrogens with zero attached hydrogens (tertiary/aromatic N) is 1. The molecule has 0 atom stereocenters. The van der Waals surface area contributed by atoms with Gasteiger partial charge in [-0.05, 0) is 24.6 Å². The number of fused-ring (bicyclic) bond motifs is 1. The average molecular weight is 198 g/mol. The van der Waals surface area contributed by atoms with Crippen molar-refractivity contribution in [2.75, 3.05) is 0 Å². The van der Waals surface area contributed by atoms with E-state index in [0.717, 1.165) is 16.5 Å². The largest absolute Gasteiger partial charge is 0.361 e. The third-order valence-corrected chi connectivity index (χ3v) is 2.34. The van der Waals surface area contributed by atoms with Crippen LogP contribution in [0.25, 0.3) is 10.9 Å². The molecule has 15 heavy (non-hydrogen) atoms. The molecule has 0 saturated heterocycles. The molecular weight excluding hydrogens is 188 g/mol. The molecular formula is C12H10N2O. The number of Topliss-reactive ketones (excluding diaryl/α,β-unsaturated/α-hetero) is 1. The Labute approximate surface area is 87.3 Å². The molecule has 3 heteroatoms. The van der Waals surface area contributed by atoms with E-state index in [1.54, 1.807) is 19.1 Å². The summed E-state index contributed by atoms with van der Waals surface area (Å²) in [6.07, 6.45) is 2.26. The molecule has 0 saturated carbocycles. The number of hydrogen-bond acceptors (Lipinski definition) is 2. The standard InChI is InChI=1S/C12H10N2O/c1-8(15)4-10-7-14-12-5-9(6-13)2-3-11(10)12/h2-3,5,7,14H,4H2,1H3. The Bertz CT molecular complexity index is 560. The molecule has 0 aliphatic heterocycles. The third kappa shape index (κ3) is 1.75. The Hall–Kier alpha value is -2.08. The Morgan fingerprint density at radius 1 is 1.53 bits per heavy atom. The highest BCUT2D eigenvalue weighted by atomic mass is 16.1. The van der Waals surface area contributed by atoms with Crippen LogP contribution in [0.3, 0.4) is 0 Å². The number of aromatic amines is 1. The van der Waals surface area contributed by atoms with Crippen LogP contribution in [-0.2, 0) is 11.2 Å². The number of H-pyrrole nitrogens is 1. The fourth-order valence-electron chi connectivity index (χ4n) is 1.67. The highest BCUT2D eigenvalue weighted by molar-refractivity contribution is 5.89. The molecule has 2 aromatic rings. The van der Waals surface area contributed by atoms with Crippen molar-refractivity contribution in [1.82, 2.24) is 4.98 Å². The minimum absolute atomic E-state index is 0.139. The number of benzene rings is 1. The molecule has 1 aromatic heterocycles. The van der Waals surface area contributed by atoms with E-state index in [2.05, 4.69) is 11.1 Å². The number of nitriles is 1. The van der Waals surface area contributed by atoms with Gasteiger partial charge in [0, 0.05) is 23.5 Å². The molecule has 1 aromatic carbocycles. The predicted molar refractivity (Wildman–Crippen MR) is 57.4 cm³/mol. The molecule has 0 aliphatic rings. The molecule has 0 aliphatic carbocycles. The van der Waals surface area contributed by atoms with E-state index >= 15 is 0 Å². The zero-order chi connectivity index (χ0) is 10.8. The molecule has 1 heterocycles. The van der Waals surface area contributed by atoms with Gasteiger partial charge in [0.15, 0.2) is 0 Å². The van der Waals surface area contributed by atoms with E-state index in [1.807, 2.05) is 12.3 Å². The van der Waals surface area contributed by atoms with E-state index in [0.29, 0.717) is 12.0 Å². The Morgan fingerprint density at radius 3 is 3.00 bits per heavy atom. The van der Waals surface area contributed by atoms with Crippen molar-refractivity contribution < 1.29 is 4.79 Å². The summed E-state index contributed by atoms with van der Waals surface area (Å²) < 4.78 is 0. The second-order valence-corrected chi connectivity index (χ2v) is 3.56. The first-order chi connectivity index (χ1) is 7.20. The van der Waals surface area contributed by atoms with E-state index in [1.165, 1.54) is 0 Å². The zero-order valence-corrected chi connectivity index (χ0v) is 8.37. The highest BCUT2D eigenvalue weighted by Gasteiger charge is 2.05. The van der Waals surface area contributed by atoms with Gasteiger partial charge < -0.3 is 4.98 Å². The van der Waals surface area contributed by atoms with E-state index in [9.17, 15) is 4.79 Å². The van der Waals surface area contributed by atoms with Gasteiger partial charge in [-0.2, -0.15) is 5.26 Å². The van der Waals surface area contributed by atoms with Gasteiger partial charge >= 0.3 is 0 Å². The minimum atomic E-state index is 0.139. The summed E-state index contributed by atoms with van der Waals surface area (Å²) >= 11 is 0. The summed E-state index contributed by atoms with van der Waals surface area (Å²) in [5.41, 5.74) is 2.52. The lowest BCUT2D eigenvalue weighted by Crippen LogP contribution is -1.94. The van der Waals surface area contributed by atoms with Gasteiger partial charge in [-0.3, -0.25) is 4.79 Å². The smallest absolute Gasteiger partial charge is 0.134 e. The van der Waals surface area contributed by atoms with Crippen molar-refractivity contribution in [2.24, 2.45) is 0 Å². The molecule has 0 radical (unpaired) electrons. The molecule has 74 valence electrons.